The molecule has 1 heterocycles. The summed E-state index contributed by atoms with van der Waals surface area (Å²) in [6.07, 6.45) is -1.01. The molecule has 0 fully saturated rings. The van der Waals surface area contributed by atoms with Gasteiger partial charge in [0.15, 0.2) is 6.10 Å². The number of rotatable bonds is 4. The number of hydrogen-bond acceptors (Lipinski definition) is 4. The Kier molecular flexibility index (Phi) is 4.67. The van der Waals surface area contributed by atoms with Crippen LogP contribution < -0.4 is 5.56 Å². The zero-order valence-electron chi connectivity index (χ0n) is 13.3. The van der Waals surface area contributed by atoms with E-state index in [-0.39, 0.29) is 11.3 Å². The van der Waals surface area contributed by atoms with Gasteiger partial charge in [-0.3, -0.25) is 9.59 Å². The number of fused-ring (bicyclic) bond motifs is 1. The third-order valence-electron chi connectivity index (χ3n) is 3.73. The average Bonchev–Trinajstić information content (AvgIpc) is 2.60. The van der Waals surface area contributed by atoms with Crippen LogP contribution in [0, 0.1) is 0 Å². The van der Waals surface area contributed by atoms with Crippen molar-refractivity contribution in [3.05, 3.63) is 81.1 Å². The molecule has 3 aromatic rings. The first-order valence-corrected chi connectivity index (χ1v) is 7.96. The van der Waals surface area contributed by atoms with Gasteiger partial charge in [0.05, 0.1) is 5.56 Å². The van der Waals surface area contributed by atoms with Gasteiger partial charge in [0.2, 0.25) is 11.3 Å². The van der Waals surface area contributed by atoms with Crippen molar-refractivity contribution in [1.29, 1.82) is 0 Å². The number of aromatic amines is 1. The minimum absolute atomic E-state index is 0.116. The fourth-order valence-electron chi connectivity index (χ4n) is 2.53. The van der Waals surface area contributed by atoms with Gasteiger partial charge >= 0.3 is 5.97 Å². The molecule has 0 amide bonds. The Balaban J connectivity index is 1.87. The molecule has 5 nitrogen and oxygen atoms in total. The minimum atomic E-state index is -1.01. The summed E-state index contributed by atoms with van der Waals surface area (Å²) in [5, 5.41) is 0.972. The van der Waals surface area contributed by atoms with E-state index in [1.807, 2.05) is 0 Å². The summed E-state index contributed by atoms with van der Waals surface area (Å²) in [6, 6.07) is 14.5. The molecule has 0 aliphatic rings. The van der Waals surface area contributed by atoms with Crippen LogP contribution in [0.15, 0.2) is 59.4 Å². The van der Waals surface area contributed by atoms with E-state index in [1.165, 1.54) is 19.1 Å². The van der Waals surface area contributed by atoms with Crippen molar-refractivity contribution in [3.63, 3.8) is 0 Å². The normalized spacial score (nSPS) is 11.9. The van der Waals surface area contributed by atoms with Gasteiger partial charge in [-0.05, 0) is 25.1 Å². The van der Waals surface area contributed by atoms with Crippen molar-refractivity contribution < 1.29 is 14.3 Å². The summed E-state index contributed by atoms with van der Waals surface area (Å²) in [6.45, 7) is 1.48. The molecule has 126 valence electrons. The number of esters is 1. The smallest absolute Gasteiger partial charge is 0.339 e. The number of ketones is 1. The van der Waals surface area contributed by atoms with Crippen LogP contribution >= 0.6 is 11.6 Å². The predicted octanol–water partition coefficient (Wildman–Crippen LogP) is 3.61. The molecule has 1 aromatic heterocycles. The number of nitrogens with one attached hydrogen (secondary N) is 1. The molecular weight excluding hydrogens is 342 g/mol. The van der Waals surface area contributed by atoms with E-state index in [1.54, 1.807) is 42.5 Å². The van der Waals surface area contributed by atoms with E-state index >= 15 is 0 Å². The van der Waals surface area contributed by atoms with Crippen LogP contribution in [0.1, 0.15) is 27.6 Å². The molecule has 0 saturated carbocycles. The number of Topliss-reactive ketones (excluding diaryl/α,β-unsaturated/α-hetero) is 1. The van der Waals surface area contributed by atoms with Crippen LogP contribution in [0.4, 0.5) is 0 Å². The lowest BCUT2D eigenvalue weighted by Gasteiger charge is -2.13. The maximum Gasteiger partial charge on any atom is 0.339 e. The summed E-state index contributed by atoms with van der Waals surface area (Å²) in [5.74, 6) is -1.10. The molecule has 25 heavy (non-hydrogen) atoms. The number of H-pyrrole nitrogens is 1. The number of carbonyl (C=O) groups excluding carboxylic acids is 2. The number of halogens is 1. The summed E-state index contributed by atoms with van der Waals surface area (Å²) in [7, 11) is 0. The van der Waals surface area contributed by atoms with Crippen molar-refractivity contribution in [2.45, 2.75) is 13.0 Å². The van der Waals surface area contributed by atoms with E-state index in [9.17, 15) is 14.4 Å². The average molecular weight is 356 g/mol. The lowest BCUT2D eigenvalue weighted by molar-refractivity contribution is 0.0320. The Morgan fingerprint density at radius 1 is 1.08 bits per heavy atom. The summed E-state index contributed by atoms with van der Waals surface area (Å²) in [4.78, 5) is 39.3. The molecule has 6 heteroatoms. The SMILES string of the molecule is C[C@H](OC(=O)c1cc(=O)[nH]c2ccccc12)C(=O)c1cccc(Cl)c1. The van der Waals surface area contributed by atoms with Gasteiger partial charge in [-0.1, -0.05) is 41.9 Å². The lowest BCUT2D eigenvalue weighted by atomic mass is 10.1. The summed E-state index contributed by atoms with van der Waals surface area (Å²) in [5.41, 5.74) is 0.573. The Morgan fingerprint density at radius 3 is 2.60 bits per heavy atom. The Hall–Kier alpha value is -2.92. The molecule has 0 aliphatic heterocycles. The van der Waals surface area contributed by atoms with Gasteiger partial charge in [0.25, 0.3) is 0 Å². The summed E-state index contributed by atoms with van der Waals surface area (Å²) < 4.78 is 5.27. The predicted molar refractivity (Wildman–Crippen MR) is 95.2 cm³/mol. The Bertz CT molecular complexity index is 1030. The molecule has 0 aliphatic carbocycles. The maximum atomic E-state index is 12.5. The minimum Gasteiger partial charge on any atom is -0.451 e. The van der Waals surface area contributed by atoms with Gasteiger partial charge in [-0.2, -0.15) is 0 Å². The second kappa shape index (κ2) is 6.91. The molecule has 2 aromatic carbocycles. The van der Waals surface area contributed by atoms with Crippen molar-refractivity contribution in [2.75, 3.05) is 0 Å². The van der Waals surface area contributed by atoms with E-state index in [0.29, 0.717) is 21.5 Å². The fraction of sp³-hybridized carbons (Fsp3) is 0.105. The highest BCUT2D eigenvalue weighted by molar-refractivity contribution is 6.31. The highest BCUT2D eigenvalue weighted by Crippen LogP contribution is 2.18. The van der Waals surface area contributed by atoms with Gasteiger partial charge in [0.1, 0.15) is 0 Å². The van der Waals surface area contributed by atoms with Crippen LogP contribution in [0.5, 0.6) is 0 Å². The second-order valence-electron chi connectivity index (χ2n) is 5.51. The first-order chi connectivity index (χ1) is 12.0. The molecule has 0 radical (unpaired) electrons. The Labute approximate surface area is 148 Å². The van der Waals surface area contributed by atoms with Crippen LogP contribution in [0.25, 0.3) is 10.9 Å². The van der Waals surface area contributed by atoms with Crippen LogP contribution in [0.2, 0.25) is 5.02 Å². The first-order valence-electron chi connectivity index (χ1n) is 7.58. The van der Waals surface area contributed by atoms with Crippen molar-refractivity contribution in [1.82, 2.24) is 4.98 Å². The monoisotopic (exact) mass is 355 g/mol. The standard InChI is InChI=1S/C19H14ClNO4/c1-11(18(23)12-5-4-6-13(20)9-12)25-19(24)15-10-17(22)21-16-8-3-2-7-14(15)16/h2-11H,1H3,(H,21,22)/t11-/m0/s1. The van der Waals surface area contributed by atoms with E-state index in [0.717, 1.165) is 0 Å². The Morgan fingerprint density at radius 2 is 1.84 bits per heavy atom. The number of pyridine rings is 1. The van der Waals surface area contributed by atoms with Crippen LogP contribution in [-0.2, 0) is 4.74 Å². The second-order valence-corrected chi connectivity index (χ2v) is 5.95. The maximum absolute atomic E-state index is 12.5. The van der Waals surface area contributed by atoms with Crippen LogP contribution in [-0.4, -0.2) is 22.8 Å². The zero-order chi connectivity index (χ0) is 18.0. The van der Waals surface area contributed by atoms with Crippen molar-refractivity contribution in [2.24, 2.45) is 0 Å². The molecule has 0 unspecified atom stereocenters. The quantitative estimate of drug-likeness (QED) is 0.573. The highest BCUT2D eigenvalue weighted by Gasteiger charge is 2.22. The topological polar surface area (TPSA) is 76.2 Å². The number of aromatic nitrogens is 1. The third-order valence-corrected chi connectivity index (χ3v) is 3.97. The van der Waals surface area contributed by atoms with Crippen molar-refractivity contribution >= 4 is 34.3 Å². The molecule has 3 rings (SSSR count). The fourth-order valence-corrected chi connectivity index (χ4v) is 2.72. The molecule has 0 saturated heterocycles. The number of carbonyl (C=O) groups is 2. The summed E-state index contributed by atoms with van der Waals surface area (Å²) >= 11 is 5.88. The number of hydrogen-bond donors (Lipinski definition) is 1. The van der Waals surface area contributed by atoms with E-state index in [2.05, 4.69) is 4.98 Å². The number of ether oxygens (including phenoxy) is 1. The molecule has 1 atom stereocenters. The number of para-hydroxylation sites is 1. The van der Waals surface area contributed by atoms with Gasteiger partial charge in [-0.25, -0.2) is 4.79 Å². The largest absolute Gasteiger partial charge is 0.451 e. The van der Waals surface area contributed by atoms with Crippen LogP contribution in [0.3, 0.4) is 0 Å². The first kappa shape index (κ1) is 16.9. The van der Waals surface area contributed by atoms with E-state index in [4.69, 9.17) is 16.3 Å². The highest BCUT2D eigenvalue weighted by atomic mass is 35.5. The lowest BCUT2D eigenvalue weighted by Crippen LogP contribution is -2.25. The van der Waals surface area contributed by atoms with Gasteiger partial charge in [0, 0.05) is 27.6 Å². The van der Waals surface area contributed by atoms with Gasteiger partial charge < -0.3 is 9.72 Å². The molecule has 0 bridgehead atoms. The molecule has 1 N–H and O–H groups in total. The molecular formula is C19H14ClNO4. The van der Waals surface area contributed by atoms with E-state index < -0.39 is 17.6 Å². The third kappa shape index (κ3) is 3.61. The number of benzene rings is 2. The zero-order valence-corrected chi connectivity index (χ0v) is 14.0. The van der Waals surface area contributed by atoms with Crippen molar-refractivity contribution in [3.8, 4) is 0 Å². The molecule has 0 spiro atoms. The van der Waals surface area contributed by atoms with Gasteiger partial charge in [-0.15, -0.1) is 0 Å².